The number of para-hydroxylation sites is 1. The Morgan fingerprint density at radius 2 is 2.00 bits per heavy atom. The molecule has 2 atom stereocenters. The molecule has 1 heterocycles. The Hall–Kier alpha value is -1.52. The van der Waals surface area contributed by atoms with Crippen molar-refractivity contribution in [1.29, 1.82) is 0 Å². The van der Waals surface area contributed by atoms with Gasteiger partial charge in [-0.05, 0) is 37.2 Å². The standard InChI is InChI=1S/C17H18FNOS/c1-19-14(10-12-6-2-3-7-13(12)18)16-11-21-17-9-5-4-8-15(17)20-16/h2-9,14,16,19H,10-11H2,1H3. The van der Waals surface area contributed by atoms with Crippen molar-refractivity contribution >= 4 is 11.8 Å². The molecule has 3 rings (SSSR count). The fraction of sp³-hybridized carbons (Fsp3) is 0.294. The zero-order valence-corrected chi connectivity index (χ0v) is 12.7. The van der Waals surface area contributed by atoms with Crippen LogP contribution in [0, 0.1) is 5.82 Å². The zero-order chi connectivity index (χ0) is 14.7. The lowest BCUT2D eigenvalue weighted by Crippen LogP contribution is -2.45. The molecule has 4 heteroatoms. The van der Waals surface area contributed by atoms with Crippen LogP contribution in [0.5, 0.6) is 5.75 Å². The number of hydrogen-bond donors (Lipinski definition) is 1. The van der Waals surface area contributed by atoms with Crippen LogP contribution < -0.4 is 10.1 Å². The SMILES string of the molecule is CNC(Cc1ccccc1F)C1CSc2ccccc2O1. The van der Waals surface area contributed by atoms with E-state index in [0.29, 0.717) is 6.42 Å². The molecule has 2 nitrogen and oxygen atoms in total. The van der Waals surface area contributed by atoms with E-state index >= 15 is 0 Å². The van der Waals surface area contributed by atoms with Crippen molar-refractivity contribution in [3.8, 4) is 5.75 Å². The van der Waals surface area contributed by atoms with Gasteiger partial charge >= 0.3 is 0 Å². The van der Waals surface area contributed by atoms with E-state index in [1.54, 1.807) is 17.8 Å². The third kappa shape index (κ3) is 3.22. The number of thioether (sulfide) groups is 1. The van der Waals surface area contributed by atoms with Gasteiger partial charge in [-0.3, -0.25) is 0 Å². The van der Waals surface area contributed by atoms with E-state index in [0.717, 1.165) is 17.1 Å². The van der Waals surface area contributed by atoms with E-state index in [1.807, 2.05) is 37.4 Å². The summed E-state index contributed by atoms with van der Waals surface area (Å²) in [6.07, 6.45) is 0.658. The Balaban J connectivity index is 1.74. The molecule has 2 aromatic rings. The monoisotopic (exact) mass is 303 g/mol. The molecule has 1 aliphatic rings. The summed E-state index contributed by atoms with van der Waals surface area (Å²) < 4.78 is 19.9. The Labute approximate surface area is 128 Å². The van der Waals surface area contributed by atoms with Gasteiger partial charge in [0.05, 0.1) is 0 Å². The van der Waals surface area contributed by atoms with Crippen LogP contribution in [0.25, 0.3) is 0 Å². The Bertz CT molecular complexity index is 619. The first kappa shape index (κ1) is 14.4. The molecule has 2 unspecified atom stereocenters. The topological polar surface area (TPSA) is 21.3 Å². The molecule has 110 valence electrons. The number of hydrogen-bond acceptors (Lipinski definition) is 3. The van der Waals surface area contributed by atoms with E-state index in [2.05, 4.69) is 11.4 Å². The maximum absolute atomic E-state index is 13.8. The number of benzene rings is 2. The summed E-state index contributed by atoms with van der Waals surface area (Å²) >= 11 is 1.80. The maximum atomic E-state index is 13.8. The smallest absolute Gasteiger partial charge is 0.133 e. The molecule has 0 radical (unpaired) electrons. The fourth-order valence-corrected chi connectivity index (χ4v) is 3.63. The number of fused-ring (bicyclic) bond motifs is 1. The molecule has 21 heavy (non-hydrogen) atoms. The molecule has 0 aromatic heterocycles. The van der Waals surface area contributed by atoms with Crippen molar-refractivity contribution in [2.45, 2.75) is 23.5 Å². The fourth-order valence-electron chi connectivity index (χ4n) is 2.55. The first-order valence-corrected chi connectivity index (χ1v) is 8.05. The van der Waals surface area contributed by atoms with Gasteiger partial charge in [0, 0.05) is 16.7 Å². The lowest BCUT2D eigenvalue weighted by atomic mass is 10.0. The first-order valence-electron chi connectivity index (χ1n) is 7.07. The maximum Gasteiger partial charge on any atom is 0.133 e. The minimum Gasteiger partial charge on any atom is -0.487 e. The highest BCUT2D eigenvalue weighted by Crippen LogP contribution is 2.36. The summed E-state index contributed by atoms with van der Waals surface area (Å²) in [6.45, 7) is 0. The third-order valence-corrected chi connectivity index (χ3v) is 4.89. The molecule has 0 fully saturated rings. The number of ether oxygens (including phenoxy) is 1. The van der Waals surface area contributed by atoms with Crippen LogP contribution >= 0.6 is 11.8 Å². The summed E-state index contributed by atoms with van der Waals surface area (Å²) in [6, 6.07) is 15.1. The predicted molar refractivity (Wildman–Crippen MR) is 84.5 cm³/mol. The van der Waals surface area contributed by atoms with Crippen molar-refractivity contribution < 1.29 is 9.13 Å². The minimum absolute atomic E-state index is 0.0366. The average Bonchev–Trinajstić information content (AvgIpc) is 2.54. The molecule has 0 amide bonds. The number of nitrogens with one attached hydrogen (secondary N) is 1. The molecule has 1 aliphatic heterocycles. The van der Waals surface area contributed by atoms with Gasteiger partial charge < -0.3 is 10.1 Å². The van der Waals surface area contributed by atoms with Gasteiger partial charge in [-0.25, -0.2) is 4.39 Å². The third-order valence-electron chi connectivity index (χ3n) is 3.75. The van der Waals surface area contributed by atoms with Crippen LogP contribution in [-0.4, -0.2) is 24.9 Å². The van der Waals surface area contributed by atoms with Crippen LogP contribution in [-0.2, 0) is 6.42 Å². The molecular weight excluding hydrogens is 285 g/mol. The minimum atomic E-state index is -0.151. The highest BCUT2D eigenvalue weighted by atomic mass is 32.2. The van der Waals surface area contributed by atoms with Gasteiger partial charge in [0.25, 0.3) is 0 Å². The first-order chi connectivity index (χ1) is 10.3. The van der Waals surface area contributed by atoms with Gasteiger partial charge in [0.15, 0.2) is 0 Å². The molecular formula is C17H18FNOS. The normalized spacial score (nSPS) is 18.7. The van der Waals surface area contributed by atoms with Crippen LogP contribution in [0.4, 0.5) is 4.39 Å². The largest absolute Gasteiger partial charge is 0.487 e. The van der Waals surface area contributed by atoms with Gasteiger partial charge in [-0.15, -0.1) is 11.8 Å². The van der Waals surface area contributed by atoms with Crippen LogP contribution in [0.2, 0.25) is 0 Å². The lowest BCUT2D eigenvalue weighted by molar-refractivity contribution is 0.169. The highest BCUT2D eigenvalue weighted by Gasteiger charge is 2.27. The molecule has 0 spiro atoms. The molecule has 1 N–H and O–H groups in total. The van der Waals surface area contributed by atoms with Crippen molar-refractivity contribution in [1.82, 2.24) is 5.32 Å². The van der Waals surface area contributed by atoms with Gasteiger partial charge in [0.1, 0.15) is 17.7 Å². The number of likely N-dealkylation sites (N-methyl/N-ethyl adjacent to an activating group) is 1. The Morgan fingerprint density at radius 3 is 2.81 bits per heavy atom. The quantitative estimate of drug-likeness (QED) is 0.934. The van der Waals surface area contributed by atoms with Crippen molar-refractivity contribution in [3.05, 3.63) is 59.9 Å². The van der Waals surface area contributed by atoms with E-state index in [-0.39, 0.29) is 18.0 Å². The van der Waals surface area contributed by atoms with E-state index in [1.165, 1.54) is 11.0 Å². The van der Waals surface area contributed by atoms with Crippen LogP contribution in [0.15, 0.2) is 53.4 Å². The average molecular weight is 303 g/mol. The van der Waals surface area contributed by atoms with Gasteiger partial charge in [0.2, 0.25) is 0 Å². The summed E-state index contributed by atoms with van der Waals surface area (Å²) in [5, 5.41) is 3.27. The molecule has 0 bridgehead atoms. The summed E-state index contributed by atoms with van der Waals surface area (Å²) in [5.41, 5.74) is 0.726. The van der Waals surface area contributed by atoms with E-state index < -0.39 is 0 Å². The highest BCUT2D eigenvalue weighted by molar-refractivity contribution is 7.99. The summed E-state index contributed by atoms with van der Waals surface area (Å²) in [4.78, 5) is 1.18. The molecule has 0 aliphatic carbocycles. The van der Waals surface area contributed by atoms with Gasteiger partial charge in [-0.1, -0.05) is 30.3 Å². The number of rotatable bonds is 4. The molecule has 0 saturated carbocycles. The second kappa shape index (κ2) is 6.50. The van der Waals surface area contributed by atoms with Crippen molar-refractivity contribution in [3.63, 3.8) is 0 Å². The number of halogens is 1. The Morgan fingerprint density at radius 1 is 1.24 bits per heavy atom. The summed E-state index contributed by atoms with van der Waals surface area (Å²) in [5.74, 6) is 1.64. The second-order valence-electron chi connectivity index (χ2n) is 5.10. The lowest BCUT2D eigenvalue weighted by Gasteiger charge is -2.31. The molecule has 2 aromatic carbocycles. The van der Waals surface area contributed by atoms with Crippen LogP contribution in [0.3, 0.4) is 0 Å². The molecule has 0 saturated heterocycles. The zero-order valence-electron chi connectivity index (χ0n) is 11.9. The van der Waals surface area contributed by atoms with E-state index in [9.17, 15) is 4.39 Å². The van der Waals surface area contributed by atoms with Gasteiger partial charge in [-0.2, -0.15) is 0 Å². The van der Waals surface area contributed by atoms with Crippen LogP contribution in [0.1, 0.15) is 5.56 Å². The Kier molecular flexibility index (Phi) is 4.46. The second-order valence-corrected chi connectivity index (χ2v) is 6.17. The van der Waals surface area contributed by atoms with E-state index in [4.69, 9.17) is 4.74 Å². The summed E-state index contributed by atoms with van der Waals surface area (Å²) in [7, 11) is 1.90. The predicted octanol–water partition coefficient (Wildman–Crippen LogP) is 3.51. The van der Waals surface area contributed by atoms with Crippen molar-refractivity contribution in [2.24, 2.45) is 0 Å². The van der Waals surface area contributed by atoms with Crippen molar-refractivity contribution in [2.75, 3.05) is 12.8 Å².